The third-order valence-corrected chi connectivity index (χ3v) is 3.96. The van der Waals surface area contributed by atoms with Gasteiger partial charge in [-0.3, -0.25) is 9.59 Å². The van der Waals surface area contributed by atoms with Gasteiger partial charge in [0.2, 0.25) is 0 Å². The van der Waals surface area contributed by atoms with Crippen LogP contribution in [0.25, 0.3) is 12.2 Å². The molecule has 0 saturated heterocycles. The van der Waals surface area contributed by atoms with E-state index in [9.17, 15) is 20.0 Å². The molecular weight excluding hydrogens is 356 g/mol. The van der Waals surface area contributed by atoms with Crippen molar-refractivity contribution in [2.24, 2.45) is 0 Å². The van der Waals surface area contributed by atoms with Gasteiger partial charge in [-0.15, -0.1) is 0 Å². The molecular formula is C22H16N2O4. The molecule has 0 N–H and O–H groups in total. The largest absolute Gasteiger partial charge is 0.619 e. The maximum absolute atomic E-state index is 12.1. The Morgan fingerprint density at radius 3 is 1.25 bits per heavy atom. The molecule has 6 heteroatoms. The highest BCUT2D eigenvalue weighted by atomic mass is 16.5. The molecule has 6 nitrogen and oxygen atoms in total. The van der Waals surface area contributed by atoms with Crippen molar-refractivity contribution in [1.29, 1.82) is 0 Å². The molecule has 0 aliphatic heterocycles. The molecule has 0 bridgehead atoms. The summed E-state index contributed by atoms with van der Waals surface area (Å²) in [5.74, 6) is -0.394. The molecule has 138 valence electrons. The normalized spacial score (nSPS) is 11.1. The smallest absolute Gasteiger partial charge is 0.186 e. The molecule has 0 radical (unpaired) electrons. The van der Waals surface area contributed by atoms with E-state index in [2.05, 4.69) is 0 Å². The highest BCUT2D eigenvalue weighted by Gasteiger charge is 2.04. The molecule has 0 saturated carbocycles. The summed E-state index contributed by atoms with van der Waals surface area (Å²) >= 11 is 0. The van der Waals surface area contributed by atoms with Crippen molar-refractivity contribution in [1.82, 2.24) is 0 Å². The first-order chi connectivity index (χ1) is 13.5. The third-order valence-electron chi connectivity index (χ3n) is 3.96. The molecule has 28 heavy (non-hydrogen) atoms. The van der Waals surface area contributed by atoms with Crippen molar-refractivity contribution < 1.29 is 19.0 Å². The Morgan fingerprint density at radius 2 is 0.929 bits per heavy atom. The van der Waals surface area contributed by atoms with Crippen molar-refractivity contribution in [3.05, 3.63) is 118 Å². The van der Waals surface area contributed by atoms with Crippen molar-refractivity contribution >= 4 is 23.7 Å². The number of nitrogens with zero attached hydrogens (tertiary/aromatic N) is 2. The number of carbonyl (C=O) groups is 2. The zero-order valence-electron chi connectivity index (χ0n) is 14.8. The predicted molar refractivity (Wildman–Crippen MR) is 104 cm³/mol. The van der Waals surface area contributed by atoms with Crippen LogP contribution in [0.2, 0.25) is 0 Å². The van der Waals surface area contributed by atoms with Gasteiger partial charge in [0.05, 0.1) is 0 Å². The van der Waals surface area contributed by atoms with Crippen LogP contribution < -0.4 is 9.46 Å². The van der Waals surface area contributed by atoms with Crippen molar-refractivity contribution in [2.45, 2.75) is 0 Å². The summed E-state index contributed by atoms with van der Waals surface area (Å²) in [4.78, 5) is 24.1. The summed E-state index contributed by atoms with van der Waals surface area (Å²) < 4.78 is 1.24. The predicted octanol–water partition coefficient (Wildman–Crippen LogP) is 2.75. The SMILES string of the molecule is O=C(/C=C\c1ccc(/C=C/C(=O)c2cc[n+]([O-])cc2)cc1)c1cc[n+]([O-])cc1. The number of pyridine rings is 2. The van der Waals surface area contributed by atoms with Crippen LogP contribution in [0.3, 0.4) is 0 Å². The number of aromatic nitrogens is 2. The lowest BCUT2D eigenvalue weighted by Crippen LogP contribution is -2.24. The van der Waals surface area contributed by atoms with Gasteiger partial charge in [0.25, 0.3) is 0 Å². The number of allylic oxidation sites excluding steroid dienone is 2. The number of hydrogen-bond donors (Lipinski definition) is 0. The van der Waals surface area contributed by atoms with Crippen LogP contribution in [0.5, 0.6) is 0 Å². The van der Waals surface area contributed by atoms with E-state index in [0.717, 1.165) is 11.1 Å². The summed E-state index contributed by atoms with van der Waals surface area (Å²) in [7, 11) is 0. The monoisotopic (exact) mass is 372 g/mol. The van der Waals surface area contributed by atoms with Crippen molar-refractivity contribution in [2.75, 3.05) is 0 Å². The van der Waals surface area contributed by atoms with E-state index in [1.165, 1.54) is 61.2 Å². The topological polar surface area (TPSA) is 88.0 Å². The number of benzene rings is 1. The number of hydrogen-bond acceptors (Lipinski definition) is 4. The van der Waals surface area contributed by atoms with Gasteiger partial charge in [-0.2, -0.15) is 9.46 Å². The molecule has 0 spiro atoms. The van der Waals surface area contributed by atoms with E-state index < -0.39 is 0 Å². The van der Waals surface area contributed by atoms with E-state index in [-0.39, 0.29) is 11.6 Å². The molecule has 0 aliphatic carbocycles. The Morgan fingerprint density at radius 1 is 0.607 bits per heavy atom. The maximum atomic E-state index is 12.1. The minimum atomic E-state index is -0.197. The number of ketones is 2. The Bertz CT molecular complexity index is 949. The molecule has 0 fully saturated rings. The van der Waals surface area contributed by atoms with E-state index in [1.54, 1.807) is 12.2 Å². The molecule has 0 amide bonds. The Hall–Kier alpha value is -4.06. The van der Waals surface area contributed by atoms with Crippen LogP contribution in [-0.4, -0.2) is 11.6 Å². The summed E-state index contributed by atoms with van der Waals surface area (Å²) in [6.07, 6.45) is 11.3. The second-order valence-electron chi connectivity index (χ2n) is 5.96. The van der Waals surface area contributed by atoms with Crippen LogP contribution in [0.4, 0.5) is 0 Å². The Balaban J connectivity index is 1.62. The Kier molecular flexibility index (Phi) is 5.72. The molecule has 0 atom stereocenters. The average molecular weight is 372 g/mol. The lowest BCUT2D eigenvalue weighted by atomic mass is 10.1. The molecule has 2 heterocycles. The van der Waals surface area contributed by atoms with Gasteiger partial charge in [-0.05, 0) is 23.3 Å². The highest BCUT2D eigenvalue weighted by molar-refractivity contribution is 6.07. The summed E-state index contributed by atoms with van der Waals surface area (Å²) in [6.45, 7) is 0. The summed E-state index contributed by atoms with van der Waals surface area (Å²) in [5.41, 5.74) is 2.53. The van der Waals surface area contributed by atoms with Crippen LogP contribution in [0.1, 0.15) is 31.8 Å². The quantitative estimate of drug-likeness (QED) is 0.288. The Labute approximate surface area is 161 Å². The van der Waals surface area contributed by atoms with Crippen LogP contribution >= 0.6 is 0 Å². The van der Waals surface area contributed by atoms with Gasteiger partial charge in [-0.1, -0.05) is 36.4 Å². The fraction of sp³-hybridized carbons (Fsp3) is 0. The van der Waals surface area contributed by atoms with Crippen molar-refractivity contribution in [3.8, 4) is 0 Å². The van der Waals surface area contributed by atoms with Gasteiger partial charge >= 0.3 is 0 Å². The standard InChI is InChI=1S/C22H16N2O4/c25-21(19-9-13-23(27)14-10-19)7-5-17-1-2-18(4-3-17)6-8-22(26)20-11-15-24(28)16-12-20/h1-16H/b7-5-,8-6+. The van der Waals surface area contributed by atoms with E-state index in [1.807, 2.05) is 24.3 Å². The molecule has 3 aromatic rings. The van der Waals surface area contributed by atoms with E-state index in [0.29, 0.717) is 20.6 Å². The number of rotatable bonds is 6. The van der Waals surface area contributed by atoms with Crippen LogP contribution in [-0.2, 0) is 0 Å². The second kappa shape index (κ2) is 8.55. The highest BCUT2D eigenvalue weighted by Crippen LogP contribution is 2.10. The lowest BCUT2D eigenvalue weighted by molar-refractivity contribution is -0.605. The molecule has 1 aromatic carbocycles. The molecule has 2 aromatic heterocycles. The molecule has 0 aliphatic rings. The van der Waals surface area contributed by atoms with Gasteiger partial charge in [0, 0.05) is 35.4 Å². The summed E-state index contributed by atoms with van der Waals surface area (Å²) in [5, 5.41) is 22.0. The minimum Gasteiger partial charge on any atom is -0.619 e. The van der Waals surface area contributed by atoms with Gasteiger partial charge in [0.15, 0.2) is 36.4 Å². The average Bonchev–Trinajstić information content (AvgIpc) is 2.72. The van der Waals surface area contributed by atoms with Crippen molar-refractivity contribution in [3.63, 3.8) is 0 Å². The van der Waals surface area contributed by atoms with Gasteiger partial charge < -0.3 is 10.4 Å². The fourth-order valence-electron chi connectivity index (χ4n) is 2.41. The van der Waals surface area contributed by atoms with Gasteiger partial charge in [0.1, 0.15) is 0 Å². The van der Waals surface area contributed by atoms with Crippen LogP contribution in [0.15, 0.2) is 85.5 Å². The first-order valence-corrected chi connectivity index (χ1v) is 8.44. The molecule has 3 rings (SSSR count). The van der Waals surface area contributed by atoms with E-state index >= 15 is 0 Å². The number of carbonyl (C=O) groups excluding carboxylic acids is 2. The second-order valence-corrected chi connectivity index (χ2v) is 5.96. The lowest BCUT2D eigenvalue weighted by Gasteiger charge is -1.98. The first kappa shape index (κ1) is 18.7. The van der Waals surface area contributed by atoms with Crippen LogP contribution in [0, 0.1) is 10.4 Å². The maximum Gasteiger partial charge on any atom is 0.186 e. The zero-order valence-corrected chi connectivity index (χ0v) is 14.8. The zero-order chi connectivity index (χ0) is 19.9. The van der Waals surface area contributed by atoms with E-state index in [4.69, 9.17) is 0 Å². The summed E-state index contributed by atoms with van der Waals surface area (Å²) in [6, 6.07) is 13.2. The molecule has 0 unspecified atom stereocenters. The fourth-order valence-corrected chi connectivity index (χ4v) is 2.41. The first-order valence-electron chi connectivity index (χ1n) is 8.44. The third kappa shape index (κ3) is 4.98. The van der Waals surface area contributed by atoms with Gasteiger partial charge in [-0.25, -0.2) is 0 Å². The minimum absolute atomic E-state index is 0.197.